The van der Waals surface area contributed by atoms with Gasteiger partial charge in [-0.15, -0.1) is 0 Å². The molecule has 102 valence electrons. The van der Waals surface area contributed by atoms with E-state index in [2.05, 4.69) is 15.0 Å². The van der Waals surface area contributed by atoms with E-state index in [0.29, 0.717) is 10.9 Å². The fourth-order valence-electron chi connectivity index (χ4n) is 1.63. The molecule has 0 atom stereocenters. The van der Waals surface area contributed by atoms with Crippen LogP contribution in [-0.4, -0.2) is 31.8 Å². The van der Waals surface area contributed by atoms with Crippen molar-refractivity contribution in [3.05, 3.63) is 36.8 Å². The smallest absolute Gasteiger partial charge is 0.189 e. The maximum Gasteiger partial charge on any atom is 0.189 e. The second-order valence-electron chi connectivity index (χ2n) is 4.19. The normalized spacial score (nSPS) is 10.6. The van der Waals surface area contributed by atoms with Crippen molar-refractivity contribution >= 4 is 23.3 Å². The molecule has 20 heavy (non-hydrogen) atoms. The van der Waals surface area contributed by atoms with E-state index in [0.717, 1.165) is 17.3 Å². The highest BCUT2D eigenvalue weighted by molar-refractivity contribution is 8.01. The zero-order valence-electron chi connectivity index (χ0n) is 11.1. The lowest BCUT2D eigenvalue weighted by atomic mass is 10.2. The molecule has 0 radical (unpaired) electrons. The van der Waals surface area contributed by atoms with E-state index >= 15 is 0 Å². The van der Waals surface area contributed by atoms with Gasteiger partial charge in [-0.2, -0.15) is 0 Å². The van der Waals surface area contributed by atoms with Gasteiger partial charge in [0.05, 0.1) is 5.69 Å². The van der Waals surface area contributed by atoms with Gasteiger partial charge in [-0.3, -0.25) is 14.6 Å². The van der Waals surface area contributed by atoms with Crippen molar-refractivity contribution in [1.29, 1.82) is 0 Å². The van der Waals surface area contributed by atoms with Gasteiger partial charge in [-0.05, 0) is 32.0 Å². The molecule has 6 heteroatoms. The second-order valence-corrected chi connectivity index (χ2v) is 5.26. The number of aromatic nitrogens is 3. The number of rotatable bonds is 5. The Balaban J connectivity index is 2.26. The van der Waals surface area contributed by atoms with Crippen molar-refractivity contribution in [2.75, 3.05) is 0 Å². The fraction of sp³-hybridized carbons (Fsp3) is 0.214. The molecule has 0 N–H and O–H groups in total. The Morgan fingerprint density at radius 3 is 2.50 bits per heavy atom. The Labute approximate surface area is 120 Å². The standard InChI is InChI=1S/C14H13N3O2S/c1-9(18)13(10(2)19)20-14-16-7-5-12(17-14)11-4-3-6-15-8-11/h3-8,13H,1-2H3. The highest BCUT2D eigenvalue weighted by Gasteiger charge is 2.22. The Morgan fingerprint density at radius 2 is 1.90 bits per heavy atom. The molecule has 0 aliphatic rings. The van der Waals surface area contributed by atoms with Crippen LogP contribution < -0.4 is 0 Å². The molecular weight excluding hydrogens is 274 g/mol. The number of hydrogen-bond donors (Lipinski definition) is 0. The minimum absolute atomic E-state index is 0.196. The van der Waals surface area contributed by atoms with Gasteiger partial charge >= 0.3 is 0 Å². The van der Waals surface area contributed by atoms with E-state index < -0.39 is 5.25 Å². The van der Waals surface area contributed by atoms with Gasteiger partial charge in [-0.25, -0.2) is 9.97 Å². The molecule has 0 fully saturated rings. The summed E-state index contributed by atoms with van der Waals surface area (Å²) in [7, 11) is 0. The van der Waals surface area contributed by atoms with Crippen molar-refractivity contribution in [1.82, 2.24) is 15.0 Å². The van der Waals surface area contributed by atoms with E-state index in [1.165, 1.54) is 13.8 Å². The van der Waals surface area contributed by atoms with Crippen LogP contribution in [0.4, 0.5) is 0 Å². The van der Waals surface area contributed by atoms with Crippen molar-refractivity contribution in [2.45, 2.75) is 24.3 Å². The number of carbonyl (C=O) groups excluding carboxylic acids is 2. The summed E-state index contributed by atoms with van der Waals surface area (Å²) in [5.41, 5.74) is 1.57. The molecule has 0 aliphatic carbocycles. The first-order valence-electron chi connectivity index (χ1n) is 5.99. The predicted octanol–water partition coefficient (Wildman–Crippen LogP) is 2.18. The minimum Gasteiger partial charge on any atom is -0.298 e. The first-order valence-corrected chi connectivity index (χ1v) is 6.87. The van der Waals surface area contributed by atoms with Crippen LogP contribution >= 0.6 is 11.8 Å². The van der Waals surface area contributed by atoms with Crippen LogP contribution in [0, 0.1) is 0 Å². The molecule has 0 aromatic carbocycles. The number of Topliss-reactive ketones (excluding diaryl/α,β-unsaturated/α-hetero) is 2. The van der Waals surface area contributed by atoms with Gasteiger partial charge in [0.1, 0.15) is 5.25 Å². The van der Waals surface area contributed by atoms with Crippen molar-refractivity contribution in [3.63, 3.8) is 0 Å². The highest BCUT2D eigenvalue weighted by atomic mass is 32.2. The number of hydrogen-bond acceptors (Lipinski definition) is 6. The van der Waals surface area contributed by atoms with Crippen LogP contribution in [0.15, 0.2) is 41.9 Å². The third kappa shape index (κ3) is 3.48. The number of pyridine rings is 1. The summed E-state index contributed by atoms with van der Waals surface area (Å²) in [6, 6.07) is 5.47. The van der Waals surface area contributed by atoms with Crippen LogP contribution in [0.1, 0.15) is 13.8 Å². The van der Waals surface area contributed by atoms with Crippen LogP contribution in [0.5, 0.6) is 0 Å². The molecule has 0 aliphatic heterocycles. The van der Waals surface area contributed by atoms with Crippen molar-refractivity contribution in [2.24, 2.45) is 0 Å². The van der Waals surface area contributed by atoms with Crippen LogP contribution in [0.25, 0.3) is 11.3 Å². The topological polar surface area (TPSA) is 72.8 Å². The predicted molar refractivity (Wildman–Crippen MR) is 76.3 cm³/mol. The lowest BCUT2D eigenvalue weighted by Gasteiger charge is -2.09. The van der Waals surface area contributed by atoms with Gasteiger partial charge in [-0.1, -0.05) is 11.8 Å². The van der Waals surface area contributed by atoms with Crippen LogP contribution in [-0.2, 0) is 9.59 Å². The molecular formula is C14H13N3O2S. The number of carbonyl (C=O) groups is 2. The molecule has 0 spiro atoms. The van der Waals surface area contributed by atoms with E-state index in [9.17, 15) is 9.59 Å². The summed E-state index contributed by atoms with van der Waals surface area (Å²) in [6.45, 7) is 2.79. The summed E-state index contributed by atoms with van der Waals surface area (Å²) < 4.78 is 0. The lowest BCUT2D eigenvalue weighted by molar-refractivity contribution is -0.123. The maximum atomic E-state index is 11.4. The molecule has 0 saturated carbocycles. The monoisotopic (exact) mass is 287 g/mol. The first kappa shape index (κ1) is 14.3. The summed E-state index contributed by atoms with van der Waals surface area (Å²) in [4.78, 5) is 35.4. The number of nitrogens with zero attached hydrogens (tertiary/aromatic N) is 3. The van der Waals surface area contributed by atoms with Gasteiger partial charge in [0.25, 0.3) is 0 Å². The zero-order chi connectivity index (χ0) is 14.5. The molecule has 0 saturated heterocycles. The quantitative estimate of drug-likeness (QED) is 0.477. The number of thioether (sulfide) groups is 1. The summed E-state index contributed by atoms with van der Waals surface area (Å²) in [6.07, 6.45) is 4.99. The molecule has 5 nitrogen and oxygen atoms in total. The number of ketones is 2. The molecule has 2 aromatic heterocycles. The Kier molecular flexibility index (Phi) is 4.57. The van der Waals surface area contributed by atoms with Gasteiger partial charge < -0.3 is 0 Å². The van der Waals surface area contributed by atoms with Gasteiger partial charge in [0.15, 0.2) is 16.7 Å². The molecule has 0 amide bonds. The maximum absolute atomic E-state index is 11.4. The Morgan fingerprint density at radius 1 is 1.15 bits per heavy atom. The molecule has 0 bridgehead atoms. The summed E-state index contributed by atoms with van der Waals surface area (Å²) in [5, 5.41) is -0.346. The minimum atomic E-state index is -0.751. The van der Waals surface area contributed by atoms with E-state index in [1.54, 1.807) is 24.7 Å². The summed E-state index contributed by atoms with van der Waals surface area (Å²) >= 11 is 1.07. The molecule has 0 unspecified atom stereocenters. The third-order valence-corrected chi connectivity index (χ3v) is 3.86. The Bertz CT molecular complexity index is 617. The second kappa shape index (κ2) is 6.38. The Hall–Kier alpha value is -2.08. The largest absolute Gasteiger partial charge is 0.298 e. The van der Waals surface area contributed by atoms with E-state index in [4.69, 9.17) is 0 Å². The molecule has 2 aromatic rings. The zero-order valence-corrected chi connectivity index (χ0v) is 11.9. The summed E-state index contributed by atoms with van der Waals surface area (Å²) in [5.74, 6) is -0.393. The molecule has 2 heterocycles. The van der Waals surface area contributed by atoms with Gasteiger partial charge in [0, 0.05) is 24.2 Å². The van der Waals surface area contributed by atoms with Gasteiger partial charge in [0.2, 0.25) is 0 Å². The molecule has 2 rings (SSSR count). The van der Waals surface area contributed by atoms with E-state index in [1.807, 2.05) is 12.1 Å². The van der Waals surface area contributed by atoms with Crippen molar-refractivity contribution < 1.29 is 9.59 Å². The van der Waals surface area contributed by atoms with Crippen LogP contribution in [0.3, 0.4) is 0 Å². The van der Waals surface area contributed by atoms with E-state index in [-0.39, 0.29) is 11.6 Å². The fourth-order valence-corrected chi connectivity index (χ4v) is 2.45. The average Bonchev–Trinajstić information content (AvgIpc) is 2.45. The van der Waals surface area contributed by atoms with Crippen LogP contribution in [0.2, 0.25) is 0 Å². The van der Waals surface area contributed by atoms with Crippen molar-refractivity contribution in [3.8, 4) is 11.3 Å². The highest BCUT2D eigenvalue weighted by Crippen LogP contribution is 2.23. The SMILES string of the molecule is CC(=O)C(Sc1nccc(-c2cccnc2)n1)C(C)=O. The third-order valence-electron chi connectivity index (χ3n) is 2.55. The lowest BCUT2D eigenvalue weighted by Crippen LogP contribution is -2.22. The first-order chi connectivity index (χ1) is 9.58. The average molecular weight is 287 g/mol.